The maximum atomic E-state index is 9.46. The first kappa shape index (κ1) is 15.2. The smallest absolute Gasteiger partial charge is 0.180 e. The lowest BCUT2D eigenvalue weighted by atomic mass is 10.1. The number of aromatic nitrogens is 3. The van der Waals surface area contributed by atoms with E-state index >= 15 is 0 Å². The van der Waals surface area contributed by atoms with E-state index in [0.29, 0.717) is 6.54 Å². The molecule has 2 aromatic heterocycles. The monoisotopic (exact) mass is 330 g/mol. The van der Waals surface area contributed by atoms with Gasteiger partial charge in [-0.05, 0) is 36.8 Å². The maximum Gasteiger partial charge on any atom is 0.180 e. The highest BCUT2D eigenvalue weighted by Crippen LogP contribution is 2.25. The number of aryl methyl sites for hydroxylation is 1. The van der Waals surface area contributed by atoms with Crippen molar-refractivity contribution in [1.82, 2.24) is 14.4 Å². The first-order chi connectivity index (χ1) is 12.2. The first-order valence-electron chi connectivity index (χ1n) is 8.11. The molecule has 4 rings (SSSR count). The number of phenolic OH excluding ortho intramolecular Hbond substituents is 1. The summed E-state index contributed by atoms with van der Waals surface area (Å²) in [6.07, 6.45) is 5.47. The van der Waals surface area contributed by atoms with Crippen molar-refractivity contribution < 1.29 is 5.11 Å². The summed E-state index contributed by atoms with van der Waals surface area (Å²) in [6, 6.07) is 15.5. The van der Waals surface area contributed by atoms with E-state index in [9.17, 15) is 5.11 Å². The molecule has 25 heavy (non-hydrogen) atoms. The molecule has 0 aliphatic heterocycles. The minimum atomic E-state index is 0.250. The van der Waals surface area contributed by atoms with Gasteiger partial charge in [0.1, 0.15) is 5.75 Å². The summed E-state index contributed by atoms with van der Waals surface area (Å²) < 4.78 is 2.00. The van der Waals surface area contributed by atoms with E-state index in [1.807, 2.05) is 28.9 Å². The first-order valence-corrected chi connectivity index (χ1v) is 8.11. The van der Waals surface area contributed by atoms with Crippen LogP contribution in [-0.4, -0.2) is 19.5 Å². The zero-order chi connectivity index (χ0) is 17.2. The van der Waals surface area contributed by atoms with Crippen molar-refractivity contribution in [1.29, 1.82) is 0 Å². The van der Waals surface area contributed by atoms with Gasteiger partial charge < -0.3 is 10.4 Å². The van der Waals surface area contributed by atoms with Gasteiger partial charge in [-0.25, -0.2) is 9.97 Å². The molecule has 5 heteroatoms. The van der Waals surface area contributed by atoms with Crippen LogP contribution in [0.4, 0.5) is 5.82 Å². The molecule has 0 saturated heterocycles. The van der Waals surface area contributed by atoms with Crippen LogP contribution in [0.5, 0.6) is 5.75 Å². The number of imidazole rings is 1. The van der Waals surface area contributed by atoms with Gasteiger partial charge in [0.05, 0.1) is 11.9 Å². The number of anilines is 1. The van der Waals surface area contributed by atoms with E-state index in [0.717, 1.165) is 22.7 Å². The number of hydrogen-bond acceptors (Lipinski definition) is 4. The standard InChI is InChI=1S/C20H18N4O/c1-14-2-4-15(5-3-14)12-22-19-20-23-13-18(24(20)11-10-21-19)16-6-8-17(25)9-7-16/h2-11,13,25H,12H2,1H3,(H,21,22). The Kier molecular flexibility index (Phi) is 3.82. The predicted octanol–water partition coefficient (Wildman–Crippen LogP) is 4.02. The van der Waals surface area contributed by atoms with Gasteiger partial charge in [-0.1, -0.05) is 29.8 Å². The minimum Gasteiger partial charge on any atom is -0.508 e. The third-order valence-electron chi connectivity index (χ3n) is 4.17. The Bertz CT molecular complexity index is 1000. The highest BCUT2D eigenvalue weighted by molar-refractivity contribution is 5.70. The number of phenols is 1. The summed E-state index contributed by atoms with van der Waals surface area (Å²) in [7, 11) is 0. The van der Waals surface area contributed by atoms with Crippen LogP contribution >= 0.6 is 0 Å². The largest absolute Gasteiger partial charge is 0.508 e. The number of hydrogen-bond donors (Lipinski definition) is 2. The van der Waals surface area contributed by atoms with Crippen molar-refractivity contribution >= 4 is 11.5 Å². The molecule has 0 saturated carbocycles. The predicted molar refractivity (Wildman–Crippen MR) is 98.6 cm³/mol. The summed E-state index contributed by atoms with van der Waals surface area (Å²) >= 11 is 0. The summed E-state index contributed by atoms with van der Waals surface area (Å²) in [6.45, 7) is 2.77. The fourth-order valence-corrected chi connectivity index (χ4v) is 2.78. The topological polar surface area (TPSA) is 62.5 Å². The molecular formula is C20H18N4O. The summed E-state index contributed by atoms with van der Waals surface area (Å²) in [4.78, 5) is 8.95. The van der Waals surface area contributed by atoms with Crippen LogP contribution in [0.3, 0.4) is 0 Å². The molecule has 0 atom stereocenters. The highest BCUT2D eigenvalue weighted by atomic mass is 16.3. The van der Waals surface area contributed by atoms with E-state index in [-0.39, 0.29) is 5.75 Å². The number of nitrogens with one attached hydrogen (secondary N) is 1. The average Bonchev–Trinajstić information content (AvgIpc) is 3.07. The van der Waals surface area contributed by atoms with Crippen LogP contribution < -0.4 is 5.32 Å². The van der Waals surface area contributed by atoms with Gasteiger partial charge in [-0.3, -0.25) is 4.40 Å². The van der Waals surface area contributed by atoms with E-state index in [2.05, 4.69) is 46.5 Å². The Morgan fingerprint density at radius 2 is 1.76 bits per heavy atom. The summed E-state index contributed by atoms with van der Waals surface area (Å²) in [5.74, 6) is 0.993. The lowest BCUT2D eigenvalue weighted by molar-refractivity contribution is 0.475. The Labute approximate surface area is 145 Å². The average molecular weight is 330 g/mol. The van der Waals surface area contributed by atoms with Gasteiger partial charge >= 0.3 is 0 Å². The van der Waals surface area contributed by atoms with Gasteiger partial charge in [0.25, 0.3) is 0 Å². The molecule has 0 bridgehead atoms. The minimum absolute atomic E-state index is 0.250. The number of rotatable bonds is 4. The number of nitrogens with zero attached hydrogens (tertiary/aromatic N) is 3. The van der Waals surface area contributed by atoms with Gasteiger partial charge in [0, 0.05) is 24.5 Å². The van der Waals surface area contributed by atoms with Crippen LogP contribution in [0.25, 0.3) is 16.9 Å². The van der Waals surface area contributed by atoms with Gasteiger partial charge in [0.15, 0.2) is 11.5 Å². The van der Waals surface area contributed by atoms with Crippen molar-refractivity contribution in [3.63, 3.8) is 0 Å². The van der Waals surface area contributed by atoms with Crippen molar-refractivity contribution in [3.8, 4) is 17.0 Å². The van der Waals surface area contributed by atoms with Crippen molar-refractivity contribution in [2.24, 2.45) is 0 Å². The highest BCUT2D eigenvalue weighted by Gasteiger charge is 2.10. The fraction of sp³-hybridized carbons (Fsp3) is 0.100. The SMILES string of the molecule is Cc1ccc(CNc2nccn3c(-c4ccc(O)cc4)cnc23)cc1. The fourth-order valence-electron chi connectivity index (χ4n) is 2.78. The molecule has 0 fully saturated rings. The van der Waals surface area contributed by atoms with Gasteiger partial charge in [-0.2, -0.15) is 0 Å². The normalized spacial score (nSPS) is 10.9. The summed E-state index contributed by atoms with van der Waals surface area (Å²) in [5, 5.41) is 12.8. The lowest BCUT2D eigenvalue weighted by Crippen LogP contribution is -2.04. The van der Waals surface area contributed by atoms with E-state index in [4.69, 9.17) is 0 Å². The molecular weight excluding hydrogens is 312 g/mol. The van der Waals surface area contributed by atoms with Gasteiger partial charge in [0.2, 0.25) is 0 Å². The molecule has 2 N–H and O–H groups in total. The van der Waals surface area contributed by atoms with Gasteiger partial charge in [-0.15, -0.1) is 0 Å². The lowest BCUT2D eigenvalue weighted by Gasteiger charge is -2.08. The Morgan fingerprint density at radius 1 is 1.00 bits per heavy atom. The molecule has 0 aliphatic rings. The molecule has 2 aromatic carbocycles. The molecule has 2 heterocycles. The zero-order valence-electron chi connectivity index (χ0n) is 13.8. The summed E-state index contributed by atoms with van der Waals surface area (Å²) in [5.41, 5.74) is 5.16. The third-order valence-corrected chi connectivity index (χ3v) is 4.17. The molecule has 0 radical (unpaired) electrons. The molecule has 0 unspecified atom stereocenters. The second-order valence-electron chi connectivity index (χ2n) is 6.00. The Balaban J connectivity index is 1.64. The third kappa shape index (κ3) is 3.04. The van der Waals surface area contributed by atoms with Crippen LogP contribution in [0.1, 0.15) is 11.1 Å². The molecule has 0 aliphatic carbocycles. The van der Waals surface area contributed by atoms with Crippen molar-refractivity contribution in [2.75, 3.05) is 5.32 Å². The molecule has 0 amide bonds. The van der Waals surface area contributed by atoms with Crippen LogP contribution in [0, 0.1) is 6.92 Å². The number of aromatic hydroxyl groups is 1. The quantitative estimate of drug-likeness (QED) is 0.593. The molecule has 4 aromatic rings. The molecule has 124 valence electrons. The van der Waals surface area contributed by atoms with E-state index in [1.165, 1.54) is 11.1 Å². The second-order valence-corrected chi connectivity index (χ2v) is 6.00. The van der Waals surface area contributed by atoms with E-state index in [1.54, 1.807) is 18.3 Å². The zero-order valence-corrected chi connectivity index (χ0v) is 13.8. The van der Waals surface area contributed by atoms with Crippen LogP contribution in [0.15, 0.2) is 67.1 Å². The van der Waals surface area contributed by atoms with Crippen molar-refractivity contribution in [3.05, 3.63) is 78.2 Å². The second kappa shape index (κ2) is 6.28. The maximum absolute atomic E-state index is 9.46. The number of benzene rings is 2. The van der Waals surface area contributed by atoms with E-state index < -0.39 is 0 Å². The van der Waals surface area contributed by atoms with Crippen molar-refractivity contribution in [2.45, 2.75) is 13.5 Å². The molecule has 5 nitrogen and oxygen atoms in total. The van der Waals surface area contributed by atoms with Crippen LogP contribution in [-0.2, 0) is 6.54 Å². The van der Waals surface area contributed by atoms with Crippen LogP contribution in [0.2, 0.25) is 0 Å². The Morgan fingerprint density at radius 3 is 2.52 bits per heavy atom. The molecule has 0 spiro atoms. The Hall–Kier alpha value is -3.34. The number of fused-ring (bicyclic) bond motifs is 1.